The van der Waals surface area contributed by atoms with Crippen LogP contribution in [0.3, 0.4) is 0 Å². The molecular formula is C8H9F3N2O. The van der Waals surface area contributed by atoms with Gasteiger partial charge in [-0.05, 0) is 6.07 Å². The molecule has 1 heterocycles. The number of hydrogen-bond donors (Lipinski definition) is 1. The zero-order valence-corrected chi connectivity index (χ0v) is 7.43. The SMILES string of the molecule is CN(CC(F)(F)F)C(=O)c1cc[nH]c1. The smallest absolute Gasteiger partial charge is 0.367 e. The fraction of sp³-hybridized carbons (Fsp3) is 0.375. The monoisotopic (exact) mass is 206 g/mol. The van der Waals surface area contributed by atoms with E-state index in [4.69, 9.17) is 0 Å². The molecule has 14 heavy (non-hydrogen) atoms. The predicted molar refractivity (Wildman–Crippen MR) is 43.8 cm³/mol. The first-order valence-corrected chi connectivity index (χ1v) is 3.85. The van der Waals surface area contributed by atoms with E-state index in [2.05, 4.69) is 4.98 Å². The van der Waals surface area contributed by atoms with Crippen molar-refractivity contribution in [1.82, 2.24) is 9.88 Å². The van der Waals surface area contributed by atoms with E-state index in [1.807, 2.05) is 0 Å². The Bertz CT molecular complexity index is 305. The lowest BCUT2D eigenvalue weighted by molar-refractivity contribution is -0.138. The van der Waals surface area contributed by atoms with Crippen LogP contribution in [0.5, 0.6) is 0 Å². The highest BCUT2D eigenvalue weighted by Crippen LogP contribution is 2.16. The largest absolute Gasteiger partial charge is 0.406 e. The Morgan fingerprint density at radius 3 is 2.64 bits per heavy atom. The molecule has 0 radical (unpaired) electrons. The van der Waals surface area contributed by atoms with Crippen molar-refractivity contribution in [1.29, 1.82) is 0 Å². The molecule has 1 rings (SSSR count). The fourth-order valence-electron chi connectivity index (χ4n) is 1.02. The number of hydrogen-bond acceptors (Lipinski definition) is 1. The summed E-state index contributed by atoms with van der Waals surface area (Å²) >= 11 is 0. The number of aromatic nitrogens is 1. The number of alkyl halides is 3. The van der Waals surface area contributed by atoms with Crippen LogP contribution in [-0.4, -0.2) is 35.6 Å². The summed E-state index contributed by atoms with van der Waals surface area (Å²) in [4.78, 5) is 14.5. The first-order chi connectivity index (χ1) is 6.40. The van der Waals surface area contributed by atoms with Gasteiger partial charge in [-0.3, -0.25) is 4.79 Å². The second-order valence-corrected chi connectivity index (χ2v) is 2.88. The summed E-state index contributed by atoms with van der Waals surface area (Å²) in [5, 5.41) is 0. The van der Waals surface area contributed by atoms with Gasteiger partial charge in [0.25, 0.3) is 5.91 Å². The van der Waals surface area contributed by atoms with Crippen LogP contribution in [0.15, 0.2) is 18.5 Å². The third-order valence-corrected chi connectivity index (χ3v) is 1.61. The Balaban J connectivity index is 2.63. The topological polar surface area (TPSA) is 36.1 Å². The van der Waals surface area contributed by atoms with E-state index in [0.29, 0.717) is 4.90 Å². The van der Waals surface area contributed by atoms with Crippen LogP contribution in [0.1, 0.15) is 10.4 Å². The van der Waals surface area contributed by atoms with Gasteiger partial charge in [0.1, 0.15) is 6.54 Å². The molecule has 0 atom stereocenters. The maximum Gasteiger partial charge on any atom is 0.406 e. The molecular weight excluding hydrogens is 197 g/mol. The Kier molecular flexibility index (Phi) is 2.83. The van der Waals surface area contributed by atoms with Crippen LogP contribution in [0.25, 0.3) is 0 Å². The average molecular weight is 206 g/mol. The number of rotatable bonds is 2. The first kappa shape index (κ1) is 10.6. The van der Waals surface area contributed by atoms with E-state index in [1.165, 1.54) is 18.5 Å². The van der Waals surface area contributed by atoms with E-state index in [-0.39, 0.29) is 5.56 Å². The summed E-state index contributed by atoms with van der Waals surface area (Å²) in [5.41, 5.74) is 0.219. The Morgan fingerprint density at radius 2 is 2.21 bits per heavy atom. The van der Waals surface area contributed by atoms with Crippen LogP contribution in [0, 0.1) is 0 Å². The summed E-state index contributed by atoms with van der Waals surface area (Å²) in [6.07, 6.45) is -1.52. The van der Waals surface area contributed by atoms with Crippen LogP contribution >= 0.6 is 0 Å². The highest BCUT2D eigenvalue weighted by Gasteiger charge is 2.31. The van der Waals surface area contributed by atoms with Crippen molar-refractivity contribution in [3.8, 4) is 0 Å². The number of carbonyl (C=O) groups is 1. The van der Waals surface area contributed by atoms with Crippen LogP contribution < -0.4 is 0 Å². The highest BCUT2D eigenvalue weighted by atomic mass is 19.4. The zero-order chi connectivity index (χ0) is 10.8. The zero-order valence-electron chi connectivity index (χ0n) is 7.43. The van der Waals surface area contributed by atoms with Crippen molar-refractivity contribution in [2.24, 2.45) is 0 Å². The lowest BCUT2D eigenvalue weighted by Gasteiger charge is -2.17. The van der Waals surface area contributed by atoms with E-state index in [0.717, 1.165) is 7.05 Å². The van der Waals surface area contributed by atoms with Gasteiger partial charge in [-0.15, -0.1) is 0 Å². The van der Waals surface area contributed by atoms with Gasteiger partial charge in [-0.1, -0.05) is 0 Å². The molecule has 0 aromatic carbocycles. The molecule has 0 aliphatic carbocycles. The summed E-state index contributed by atoms with van der Waals surface area (Å²) < 4.78 is 35.7. The standard InChI is InChI=1S/C8H9F3N2O/c1-13(5-8(9,10)11)7(14)6-2-3-12-4-6/h2-4,12H,5H2,1H3. The van der Waals surface area contributed by atoms with Gasteiger partial charge in [-0.25, -0.2) is 0 Å². The third-order valence-electron chi connectivity index (χ3n) is 1.61. The molecule has 0 aliphatic rings. The lowest BCUT2D eigenvalue weighted by atomic mass is 10.3. The molecule has 0 bridgehead atoms. The van der Waals surface area contributed by atoms with Gasteiger partial charge in [0.15, 0.2) is 0 Å². The number of halogens is 3. The molecule has 0 fully saturated rings. The predicted octanol–water partition coefficient (Wildman–Crippen LogP) is 1.65. The van der Waals surface area contributed by atoms with Gasteiger partial charge in [0.05, 0.1) is 5.56 Å². The minimum Gasteiger partial charge on any atom is -0.367 e. The molecule has 0 saturated carbocycles. The summed E-state index contributed by atoms with van der Waals surface area (Å²) in [6.45, 7) is -1.24. The summed E-state index contributed by atoms with van der Waals surface area (Å²) in [7, 11) is 1.11. The minimum atomic E-state index is -4.36. The fourth-order valence-corrected chi connectivity index (χ4v) is 1.02. The van der Waals surface area contributed by atoms with Crippen molar-refractivity contribution in [2.45, 2.75) is 6.18 Å². The van der Waals surface area contributed by atoms with Crippen molar-refractivity contribution >= 4 is 5.91 Å². The number of aromatic amines is 1. The van der Waals surface area contributed by atoms with E-state index in [9.17, 15) is 18.0 Å². The summed E-state index contributed by atoms with van der Waals surface area (Å²) in [5.74, 6) is -0.649. The molecule has 0 spiro atoms. The molecule has 1 amide bonds. The third kappa shape index (κ3) is 2.79. The quantitative estimate of drug-likeness (QED) is 0.784. The second kappa shape index (κ2) is 3.73. The number of amides is 1. The first-order valence-electron chi connectivity index (χ1n) is 3.85. The van der Waals surface area contributed by atoms with E-state index >= 15 is 0 Å². The van der Waals surface area contributed by atoms with Crippen LogP contribution in [-0.2, 0) is 0 Å². The van der Waals surface area contributed by atoms with Crippen molar-refractivity contribution in [2.75, 3.05) is 13.6 Å². The molecule has 0 aliphatic heterocycles. The van der Waals surface area contributed by atoms with Crippen LogP contribution in [0.4, 0.5) is 13.2 Å². The molecule has 3 nitrogen and oxygen atoms in total. The molecule has 1 aromatic heterocycles. The van der Waals surface area contributed by atoms with Crippen LogP contribution in [0.2, 0.25) is 0 Å². The Labute approximate surface area is 78.5 Å². The number of nitrogens with zero attached hydrogens (tertiary/aromatic N) is 1. The van der Waals surface area contributed by atoms with E-state index < -0.39 is 18.6 Å². The van der Waals surface area contributed by atoms with Gasteiger partial charge >= 0.3 is 6.18 Å². The normalized spacial score (nSPS) is 11.4. The maximum absolute atomic E-state index is 11.9. The highest BCUT2D eigenvalue weighted by molar-refractivity contribution is 5.93. The Morgan fingerprint density at radius 1 is 1.57 bits per heavy atom. The molecule has 6 heteroatoms. The van der Waals surface area contributed by atoms with Gasteiger partial charge in [-0.2, -0.15) is 13.2 Å². The number of carbonyl (C=O) groups excluding carboxylic acids is 1. The number of H-pyrrole nitrogens is 1. The van der Waals surface area contributed by atoms with E-state index in [1.54, 1.807) is 0 Å². The van der Waals surface area contributed by atoms with Crippen molar-refractivity contribution in [3.63, 3.8) is 0 Å². The minimum absolute atomic E-state index is 0.219. The maximum atomic E-state index is 11.9. The molecule has 1 N–H and O–H groups in total. The molecule has 78 valence electrons. The molecule has 1 aromatic rings. The van der Waals surface area contributed by atoms with Gasteiger partial charge in [0, 0.05) is 19.4 Å². The van der Waals surface area contributed by atoms with Gasteiger partial charge in [0.2, 0.25) is 0 Å². The van der Waals surface area contributed by atoms with Gasteiger partial charge < -0.3 is 9.88 Å². The molecule has 0 unspecified atom stereocenters. The number of nitrogens with one attached hydrogen (secondary N) is 1. The lowest BCUT2D eigenvalue weighted by Crippen LogP contribution is -2.35. The van der Waals surface area contributed by atoms with Crippen molar-refractivity contribution in [3.05, 3.63) is 24.0 Å². The molecule has 0 saturated heterocycles. The second-order valence-electron chi connectivity index (χ2n) is 2.88. The Hall–Kier alpha value is -1.46. The average Bonchev–Trinajstić information content (AvgIpc) is 2.51. The summed E-state index contributed by atoms with van der Waals surface area (Å²) in [6, 6.07) is 1.43. The van der Waals surface area contributed by atoms with Crippen molar-refractivity contribution < 1.29 is 18.0 Å².